The number of piperidine rings is 1. The SMILES string of the molecule is C[C@@H]1C[C@H](N)C[C@H](c2ccncc2NC(=O)c2ccc(F)c3cc(N4CC5CCC4C5)ccc23)C1. The molecule has 0 radical (unpaired) electrons. The van der Waals surface area contributed by atoms with E-state index in [4.69, 9.17) is 5.73 Å². The maximum absolute atomic E-state index is 14.9. The molecule has 5 nitrogen and oxygen atoms in total. The molecular formula is C29H33FN4O. The van der Waals surface area contributed by atoms with E-state index < -0.39 is 0 Å². The molecular weight excluding hydrogens is 439 g/mol. The van der Waals surface area contributed by atoms with Crippen LogP contribution in [-0.2, 0) is 0 Å². The van der Waals surface area contributed by atoms with E-state index in [1.54, 1.807) is 18.5 Å². The fourth-order valence-corrected chi connectivity index (χ4v) is 6.88. The first-order chi connectivity index (χ1) is 17.0. The van der Waals surface area contributed by atoms with Crippen LogP contribution in [0.25, 0.3) is 10.8 Å². The lowest BCUT2D eigenvalue weighted by atomic mass is 9.76. The zero-order chi connectivity index (χ0) is 24.1. The summed E-state index contributed by atoms with van der Waals surface area (Å²) in [5.41, 5.74) is 9.62. The van der Waals surface area contributed by atoms with E-state index in [0.717, 1.165) is 43.0 Å². The molecule has 0 spiro atoms. The highest BCUT2D eigenvalue weighted by Crippen LogP contribution is 2.42. The van der Waals surface area contributed by atoms with Crippen LogP contribution >= 0.6 is 0 Å². The molecule has 35 heavy (non-hydrogen) atoms. The van der Waals surface area contributed by atoms with E-state index in [1.807, 2.05) is 24.3 Å². The zero-order valence-electron chi connectivity index (χ0n) is 20.2. The monoisotopic (exact) mass is 472 g/mol. The molecule has 1 saturated heterocycles. The highest BCUT2D eigenvalue weighted by Gasteiger charge is 2.38. The minimum absolute atomic E-state index is 0.168. The lowest BCUT2D eigenvalue weighted by Gasteiger charge is -2.32. The van der Waals surface area contributed by atoms with Gasteiger partial charge in [-0.1, -0.05) is 13.0 Å². The Labute approximate surface area is 205 Å². The number of pyridine rings is 1. The standard InChI is InChI=1S/C29H33FN4O/c1-17-10-19(13-20(31)11-17)23-8-9-32-15-28(23)33-29(35)25-6-7-27(30)26-14-22(4-5-24(25)26)34-16-18-2-3-21(34)12-18/h4-9,14-15,17-21H,2-3,10-13,16,31H2,1H3,(H,33,35)/t17-,18?,19+,20-,21?/m0/s1. The quantitative estimate of drug-likeness (QED) is 0.500. The third kappa shape index (κ3) is 4.18. The topological polar surface area (TPSA) is 71.2 Å². The van der Waals surface area contributed by atoms with Crippen molar-refractivity contribution in [2.75, 3.05) is 16.8 Å². The molecule has 2 heterocycles. The molecule has 3 aromatic rings. The number of benzene rings is 2. The van der Waals surface area contributed by atoms with Crippen LogP contribution in [0.1, 0.15) is 67.3 Å². The van der Waals surface area contributed by atoms with Crippen LogP contribution in [0.15, 0.2) is 48.8 Å². The summed E-state index contributed by atoms with van der Waals surface area (Å²) < 4.78 is 14.9. The molecule has 6 rings (SSSR count). The van der Waals surface area contributed by atoms with Crippen LogP contribution in [0.4, 0.5) is 15.8 Å². The molecule has 2 saturated carbocycles. The number of nitrogens with two attached hydrogens (primary N) is 1. The highest BCUT2D eigenvalue weighted by molar-refractivity contribution is 6.13. The number of carbonyl (C=O) groups excluding carboxylic acids is 1. The smallest absolute Gasteiger partial charge is 0.256 e. The first-order valence-corrected chi connectivity index (χ1v) is 13.0. The minimum Gasteiger partial charge on any atom is -0.368 e. The van der Waals surface area contributed by atoms with Crippen LogP contribution in [-0.4, -0.2) is 29.5 Å². The predicted octanol–water partition coefficient (Wildman–Crippen LogP) is 5.85. The molecule has 2 aliphatic carbocycles. The molecule has 3 aliphatic rings. The average molecular weight is 473 g/mol. The van der Waals surface area contributed by atoms with Crippen molar-refractivity contribution in [2.24, 2.45) is 17.6 Å². The van der Waals surface area contributed by atoms with Crippen LogP contribution < -0.4 is 16.0 Å². The number of rotatable bonds is 4. The number of halogens is 1. The third-order valence-corrected chi connectivity index (χ3v) is 8.45. The largest absolute Gasteiger partial charge is 0.368 e. The number of amides is 1. The number of anilines is 2. The van der Waals surface area contributed by atoms with Crippen molar-refractivity contribution in [3.8, 4) is 0 Å². The van der Waals surface area contributed by atoms with Gasteiger partial charge >= 0.3 is 0 Å². The number of aromatic nitrogens is 1. The molecule has 1 amide bonds. The Hall–Kier alpha value is -2.99. The van der Waals surface area contributed by atoms with Crippen molar-refractivity contribution in [3.63, 3.8) is 0 Å². The van der Waals surface area contributed by atoms with Gasteiger partial charge in [0.2, 0.25) is 0 Å². The van der Waals surface area contributed by atoms with Gasteiger partial charge in [0, 0.05) is 41.5 Å². The van der Waals surface area contributed by atoms with Crippen LogP contribution in [0.5, 0.6) is 0 Å². The molecule has 6 heteroatoms. The number of nitrogens with zero attached hydrogens (tertiary/aromatic N) is 2. The minimum atomic E-state index is -0.296. The number of hydrogen-bond acceptors (Lipinski definition) is 4. The Kier molecular flexibility index (Phi) is 5.72. The van der Waals surface area contributed by atoms with Gasteiger partial charge in [-0.3, -0.25) is 9.78 Å². The molecule has 3 fully saturated rings. The van der Waals surface area contributed by atoms with E-state index in [9.17, 15) is 9.18 Å². The molecule has 5 atom stereocenters. The number of nitrogens with one attached hydrogen (secondary N) is 1. The average Bonchev–Trinajstić information content (AvgIpc) is 3.48. The van der Waals surface area contributed by atoms with Gasteiger partial charge in [0.15, 0.2) is 0 Å². The van der Waals surface area contributed by atoms with E-state index in [1.165, 1.54) is 25.3 Å². The van der Waals surface area contributed by atoms with E-state index in [0.29, 0.717) is 34.0 Å². The molecule has 1 aliphatic heterocycles. The van der Waals surface area contributed by atoms with Crippen molar-refractivity contribution in [2.45, 2.75) is 63.5 Å². The van der Waals surface area contributed by atoms with Gasteiger partial charge < -0.3 is 16.0 Å². The van der Waals surface area contributed by atoms with Crippen molar-refractivity contribution in [1.82, 2.24) is 4.98 Å². The van der Waals surface area contributed by atoms with Crippen molar-refractivity contribution >= 4 is 28.1 Å². The molecule has 2 aromatic carbocycles. The van der Waals surface area contributed by atoms with Crippen molar-refractivity contribution in [1.29, 1.82) is 0 Å². The molecule has 2 unspecified atom stereocenters. The fourth-order valence-electron chi connectivity index (χ4n) is 6.88. The molecule has 1 aromatic heterocycles. The summed E-state index contributed by atoms with van der Waals surface area (Å²) in [7, 11) is 0. The molecule has 2 bridgehead atoms. The maximum Gasteiger partial charge on any atom is 0.256 e. The van der Waals surface area contributed by atoms with Gasteiger partial charge in [-0.25, -0.2) is 4.39 Å². The molecule has 3 N–H and O–H groups in total. The predicted molar refractivity (Wildman–Crippen MR) is 138 cm³/mol. The lowest BCUT2D eigenvalue weighted by Crippen LogP contribution is -2.31. The van der Waals surface area contributed by atoms with Crippen LogP contribution in [0.3, 0.4) is 0 Å². The fraction of sp³-hybridized carbons (Fsp3) is 0.448. The first-order valence-electron chi connectivity index (χ1n) is 13.0. The van der Waals surface area contributed by atoms with E-state index >= 15 is 0 Å². The van der Waals surface area contributed by atoms with Gasteiger partial charge in [-0.15, -0.1) is 0 Å². The number of fused-ring (bicyclic) bond motifs is 3. The van der Waals surface area contributed by atoms with E-state index in [-0.39, 0.29) is 23.7 Å². The second kappa shape index (κ2) is 8.90. The van der Waals surface area contributed by atoms with Gasteiger partial charge in [-0.05, 0) is 97.6 Å². The maximum atomic E-state index is 14.9. The summed E-state index contributed by atoms with van der Waals surface area (Å²) in [4.78, 5) is 20.1. The van der Waals surface area contributed by atoms with Crippen molar-refractivity contribution < 1.29 is 9.18 Å². The number of hydrogen-bond donors (Lipinski definition) is 2. The summed E-state index contributed by atoms with van der Waals surface area (Å²) in [6, 6.07) is 11.6. The summed E-state index contributed by atoms with van der Waals surface area (Å²) in [5.74, 6) is 1.05. The normalized spacial score (nSPS) is 28.0. The summed E-state index contributed by atoms with van der Waals surface area (Å²) in [5, 5.41) is 4.21. The first kappa shape index (κ1) is 22.5. The lowest BCUT2D eigenvalue weighted by molar-refractivity contribution is 0.102. The van der Waals surface area contributed by atoms with E-state index in [2.05, 4.69) is 22.1 Å². The second-order valence-electron chi connectivity index (χ2n) is 11.0. The Balaban J connectivity index is 1.30. The second-order valence-corrected chi connectivity index (χ2v) is 11.0. The van der Waals surface area contributed by atoms with Crippen LogP contribution in [0, 0.1) is 17.7 Å². The summed E-state index contributed by atoms with van der Waals surface area (Å²) in [6.45, 7) is 3.28. The van der Waals surface area contributed by atoms with Gasteiger partial charge in [0.1, 0.15) is 5.82 Å². The Bertz CT molecular complexity index is 1270. The molecule has 182 valence electrons. The van der Waals surface area contributed by atoms with Crippen LogP contribution in [0.2, 0.25) is 0 Å². The van der Waals surface area contributed by atoms with Gasteiger partial charge in [-0.2, -0.15) is 0 Å². The summed E-state index contributed by atoms with van der Waals surface area (Å²) in [6.07, 6.45) is 10.2. The highest BCUT2D eigenvalue weighted by atomic mass is 19.1. The summed E-state index contributed by atoms with van der Waals surface area (Å²) >= 11 is 0. The zero-order valence-corrected chi connectivity index (χ0v) is 20.2. The van der Waals surface area contributed by atoms with Gasteiger partial charge in [0.05, 0.1) is 11.9 Å². The Morgan fingerprint density at radius 1 is 1.09 bits per heavy atom. The Morgan fingerprint density at radius 3 is 2.74 bits per heavy atom. The third-order valence-electron chi connectivity index (χ3n) is 8.45. The Morgan fingerprint density at radius 2 is 1.97 bits per heavy atom. The number of carbonyl (C=O) groups is 1. The van der Waals surface area contributed by atoms with Crippen molar-refractivity contribution in [3.05, 3.63) is 65.7 Å². The van der Waals surface area contributed by atoms with Gasteiger partial charge in [0.25, 0.3) is 5.91 Å².